The first-order valence-electron chi connectivity index (χ1n) is 12.3. The molecule has 36 heavy (non-hydrogen) atoms. The molecule has 1 N–H and O–H groups in total. The maximum atomic E-state index is 14.2. The fourth-order valence-electron chi connectivity index (χ4n) is 5.81. The summed E-state index contributed by atoms with van der Waals surface area (Å²) in [4.78, 5) is 12.3. The molecule has 2 bridgehead atoms. The van der Waals surface area contributed by atoms with Crippen molar-refractivity contribution < 1.29 is 17.6 Å². The Balaban J connectivity index is 1.19. The van der Waals surface area contributed by atoms with E-state index in [2.05, 4.69) is 15.4 Å². The monoisotopic (exact) mass is 501 g/mol. The van der Waals surface area contributed by atoms with Crippen LogP contribution in [0.4, 0.5) is 40.8 Å². The third kappa shape index (κ3) is 4.14. The Labute approximate surface area is 206 Å². The van der Waals surface area contributed by atoms with Crippen molar-refractivity contribution in [1.29, 1.82) is 0 Å². The van der Waals surface area contributed by atoms with Crippen molar-refractivity contribution in [3.8, 4) is 0 Å². The van der Waals surface area contributed by atoms with Crippen LogP contribution in [0.1, 0.15) is 30.5 Å². The van der Waals surface area contributed by atoms with E-state index in [4.69, 9.17) is 4.98 Å². The molecule has 190 valence electrons. The lowest BCUT2D eigenvalue weighted by molar-refractivity contribution is -0.141. The van der Waals surface area contributed by atoms with Gasteiger partial charge < -0.3 is 15.1 Å². The van der Waals surface area contributed by atoms with Gasteiger partial charge in [-0.2, -0.15) is 18.2 Å². The minimum atomic E-state index is -4.46. The largest absolute Gasteiger partial charge is 0.433 e. The Hall–Kier alpha value is -3.37. The summed E-state index contributed by atoms with van der Waals surface area (Å²) in [6.45, 7) is 4.54. The van der Waals surface area contributed by atoms with Gasteiger partial charge in [-0.05, 0) is 67.9 Å². The van der Waals surface area contributed by atoms with Crippen LogP contribution in [-0.4, -0.2) is 45.4 Å². The normalized spacial score (nSPS) is 23.6. The third-order valence-electron chi connectivity index (χ3n) is 7.64. The van der Waals surface area contributed by atoms with E-state index in [1.807, 2.05) is 20.5 Å². The Morgan fingerprint density at radius 2 is 1.78 bits per heavy atom. The zero-order valence-corrected chi connectivity index (χ0v) is 19.8. The zero-order valence-electron chi connectivity index (χ0n) is 19.8. The van der Waals surface area contributed by atoms with Gasteiger partial charge in [-0.3, -0.25) is 4.98 Å². The molecule has 2 fully saturated rings. The fraction of sp³-hybridized carbons (Fsp3) is 0.480. The second kappa shape index (κ2) is 8.63. The van der Waals surface area contributed by atoms with E-state index in [0.29, 0.717) is 36.2 Å². The molecule has 11 heteroatoms. The van der Waals surface area contributed by atoms with Gasteiger partial charge in [0.15, 0.2) is 0 Å². The van der Waals surface area contributed by atoms with Crippen LogP contribution in [0.2, 0.25) is 0 Å². The highest BCUT2D eigenvalue weighted by atomic mass is 19.4. The van der Waals surface area contributed by atoms with Crippen molar-refractivity contribution in [3.05, 3.63) is 53.6 Å². The first kappa shape index (κ1) is 23.1. The predicted octanol–water partition coefficient (Wildman–Crippen LogP) is 5.01. The van der Waals surface area contributed by atoms with Crippen LogP contribution in [0.5, 0.6) is 0 Å². The highest BCUT2D eigenvalue weighted by molar-refractivity contribution is 5.60. The number of rotatable bonds is 4. The molecule has 0 amide bonds. The summed E-state index contributed by atoms with van der Waals surface area (Å²) in [6, 6.07) is 8.14. The van der Waals surface area contributed by atoms with E-state index in [-0.39, 0.29) is 23.7 Å². The van der Waals surface area contributed by atoms with E-state index in [0.717, 1.165) is 44.1 Å². The zero-order chi connectivity index (χ0) is 25.0. The van der Waals surface area contributed by atoms with E-state index >= 15 is 0 Å². The average Bonchev–Trinajstić information content (AvgIpc) is 3.36. The summed E-state index contributed by atoms with van der Waals surface area (Å²) in [5, 5.41) is 8.22. The smallest absolute Gasteiger partial charge is 0.371 e. The number of aryl methyl sites for hydroxylation is 2. The van der Waals surface area contributed by atoms with Gasteiger partial charge in [-0.15, -0.1) is 5.10 Å². The highest BCUT2D eigenvalue weighted by Gasteiger charge is 2.43. The molecule has 2 aromatic heterocycles. The van der Waals surface area contributed by atoms with Gasteiger partial charge in [0, 0.05) is 49.8 Å². The molecular weight excluding hydrogens is 474 g/mol. The molecular formula is C25H27F4N7. The average molecular weight is 502 g/mol. The molecule has 1 aromatic carbocycles. The number of nitrogens with one attached hydrogen (secondary N) is 1. The Morgan fingerprint density at radius 3 is 2.50 bits per heavy atom. The first-order chi connectivity index (χ1) is 17.3. The molecule has 3 atom stereocenters. The second-order valence-electron chi connectivity index (χ2n) is 9.97. The maximum Gasteiger partial charge on any atom is 0.433 e. The Bertz CT molecular complexity index is 1260. The van der Waals surface area contributed by atoms with Crippen LogP contribution in [0.15, 0.2) is 36.5 Å². The highest BCUT2D eigenvalue weighted by Crippen LogP contribution is 2.41. The van der Waals surface area contributed by atoms with Crippen LogP contribution < -0.4 is 15.1 Å². The number of halogens is 4. The molecule has 0 radical (unpaired) electrons. The van der Waals surface area contributed by atoms with Crippen molar-refractivity contribution in [2.45, 2.75) is 44.9 Å². The maximum absolute atomic E-state index is 14.2. The van der Waals surface area contributed by atoms with Gasteiger partial charge in [0.25, 0.3) is 0 Å². The minimum absolute atomic E-state index is 0.153. The van der Waals surface area contributed by atoms with E-state index < -0.39 is 11.9 Å². The van der Waals surface area contributed by atoms with Gasteiger partial charge in [0.2, 0.25) is 11.9 Å². The van der Waals surface area contributed by atoms with Crippen molar-refractivity contribution in [2.75, 3.05) is 34.8 Å². The van der Waals surface area contributed by atoms with Crippen LogP contribution in [-0.2, 0) is 12.7 Å². The number of nitrogens with zero attached hydrogens (tertiary/aromatic N) is 6. The number of pyridine rings is 1. The van der Waals surface area contributed by atoms with Gasteiger partial charge in [-0.25, -0.2) is 9.07 Å². The topological polar surface area (TPSA) is 62.1 Å². The van der Waals surface area contributed by atoms with Gasteiger partial charge >= 0.3 is 6.18 Å². The van der Waals surface area contributed by atoms with Crippen LogP contribution >= 0.6 is 0 Å². The van der Waals surface area contributed by atoms with Crippen molar-refractivity contribution in [3.63, 3.8) is 0 Å². The molecule has 4 heterocycles. The number of alkyl halides is 3. The molecule has 1 saturated heterocycles. The number of hydrogen-bond donors (Lipinski definition) is 1. The van der Waals surface area contributed by atoms with Crippen molar-refractivity contribution in [2.24, 2.45) is 11.8 Å². The van der Waals surface area contributed by atoms with Crippen LogP contribution in [0.3, 0.4) is 0 Å². The number of anilines is 4. The molecule has 6 rings (SSSR count). The molecule has 7 nitrogen and oxygen atoms in total. The van der Waals surface area contributed by atoms with Crippen molar-refractivity contribution >= 4 is 23.3 Å². The number of piperidine rings is 1. The SMILES string of the molecule is Cc1ccc(N2CCCn3nc(N[C@@H]4[C@@H]5CC[C@H]4CN(c4ccnc(C(F)(F)F)c4)C5)nc32)cc1F. The van der Waals surface area contributed by atoms with Gasteiger partial charge in [-0.1, -0.05) is 6.07 Å². The summed E-state index contributed by atoms with van der Waals surface area (Å²) in [6.07, 6.45) is -0.355. The molecule has 1 aliphatic carbocycles. The standard InChI is InChI=1S/C25H27F4N7/c1-15-3-6-19(11-20(15)26)35-9-2-10-36-24(35)32-23(33-36)31-22-16-4-5-17(22)14-34(13-16)18-7-8-30-21(12-18)25(27,28)29/h3,6-8,11-12,16-17,22H,2,4-5,9-10,13-14H2,1H3,(H,31,33)/t16-,17+,22-. The number of benzene rings is 1. The Kier molecular flexibility index (Phi) is 5.53. The predicted molar refractivity (Wildman–Crippen MR) is 128 cm³/mol. The van der Waals surface area contributed by atoms with E-state index in [1.54, 1.807) is 19.1 Å². The summed E-state index contributed by atoms with van der Waals surface area (Å²) in [7, 11) is 0. The number of hydrogen-bond acceptors (Lipinski definition) is 6. The first-order valence-corrected chi connectivity index (χ1v) is 12.3. The summed E-state index contributed by atoms with van der Waals surface area (Å²) in [5.41, 5.74) is 1.05. The lowest BCUT2D eigenvalue weighted by Crippen LogP contribution is -2.48. The molecule has 3 aliphatic rings. The van der Waals surface area contributed by atoms with E-state index in [1.165, 1.54) is 12.3 Å². The quantitative estimate of drug-likeness (QED) is 0.508. The lowest BCUT2D eigenvalue weighted by atomic mass is 9.92. The second-order valence-corrected chi connectivity index (χ2v) is 9.97. The molecule has 0 spiro atoms. The number of fused-ring (bicyclic) bond motifs is 3. The van der Waals surface area contributed by atoms with Crippen LogP contribution in [0.25, 0.3) is 0 Å². The van der Waals surface area contributed by atoms with Crippen LogP contribution in [0, 0.1) is 24.6 Å². The third-order valence-corrected chi connectivity index (χ3v) is 7.64. The minimum Gasteiger partial charge on any atom is -0.371 e. The van der Waals surface area contributed by atoms with Gasteiger partial charge in [0.1, 0.15) is 11.5 Å². The summed E-state index contributed by atoms with van der Waals surface area (Å²) < 4.78 is 55.5. The number of aromatic nitrogens is 4. The molecule has 1 saturated carbocycles. The Morgan fingerprint density at radius 1 is 1.00 bits per heavy atom. The summed E-state index contributed by atoms with van der Waals surface area (Å²) >= 11 is 0. The van der Waals surface area contributed by atoms with Gasteiger partial charge in [0.05, 0.1) is 0 Å². The molecule has 2 aliphatic heterocycles. The van der Waals surface area contributed by atoms with E-state index in [9.17, 15) is 17.6 Å². The fourth-order valence-corrected chi connectivity index (χ4v) is 5.81. The molecule has 0 unspecified atom stereocenters. The summed E-state index contributed by atoms with van der Waals surface area (Å²) in [5.74, 6) is 1.53. The van der Waals surface area contributed by atoms with Crippen molar-refractivity contribution in [1.82, 2.24) is 19.7 Å². The lowest BCUT2D eigenvalue weighted by Gasteiger charge is -2.39. The molecule has 3 aromatic rings.